The third-order valence-corrected chi connectivity index (χ3v) is 8.56. The van der Waals surface area contributed by atoms with Crippen molar-refractivity contribution in [3.63, 3.8) is 0 Å². The summed E-state index contributed by atoms with van der Waals surface area (Å²) in [6.07, 6.45) is 0. The van der Waals surface area contributed by atoms with Crippen molar-refractivity contribution >= 4 is 32.0 Å². The van der Waals surface area contributed by atoms with Crippen molar-refractivity contribution in [1.29, 1.82) is 0 Å². The second-order valence-corrected chi connectivity index (χ2v) is 11.4. The molecule has 0 fully saturated rings. The number of primary amides is 1. The number of carbonyl (C=O) groups is 1. The highest BCUT2D eigenvalue weighted by Gasteiger charge is 2.43. The minimum atomic E-state index is -4.17. The summed E-state index contributed by atoms with van der Waals surface area (Å²) >= 11 is 1.25. The number of ether oxygens (including phenoxy) is 1. The molecule has 0 bridgehead atoms. The van der Waals surface area contributed by atoms with Crippen LogP contribution in [-0.2, 0) is 20.2 Å². The lowest BCUT2D eigenvalue weighted by Crippen LogP contribution is -2.45. The Morgan fingerprint density at radius 2 is 1.90 bits per heavy atom. The number of fused-ring (bicyclic) bond motifs is 1. The third kappa shape index (κ3) is 3.36. The average Bonchev–Trinajstić information content (AvgIpc) is 3.17. The number of hydrogen-bond acceptors (Lipinski definition) is 8. The molecular formula is C19H24N4O5S2. The van der Waals surface area contributed by atoms with Gasteiger partial charge in [-0.2, -0.15) is 5.10 Å². The molecule has 2 heterocycles. The first-order chi connectivity index (χ1) is 13.7. The molecule has 2 aromatic heterocycles. The third-order valence-electron chi connectivity index (χ3n) is 4.89. The number of amides is 1. The van der Waals surface area contributed by atoms with Crippen molar-refractivity contribution in [3.8, 4) is 17.0 Å². The van der Waals surface area contributed by atoms with Crippen LogP contribution >= 0.6 is 11.3 Å². The standard InChI is InChI=1S/C19H24N4O5S2/c1-10-14(23-17(21-10)29-16(22-23)18(2,3)25)11-7-8-12(28-6)13(9-11)30(26,27)19(4,5)15(20)24/h7-9,25H,1-6H3,(H2,20,24). The molecule has 162 valence electrons. The van der Waals surface area contributed by atoms with Crippen molar-refractivity contribution in [2.24, 2.45) is 5.73 Å². The zero-order valence-corrected chi connectivity index (χ0v) is 19.2. The summed E-state index contributed by atoms with van der Waals surface area (Å²) in [6, 6.07) is 4.63. The van der Waals surface area contributed by atoms with Gasteiger partial charge in [-0.3, -0.25) is 4.79 Å². The van der Waals surface area contributed by atoms with E-state index in [4.69, 9.17) is 10.5 Å². The monoisotopic (exact) mass is 452 g/mol. The number of hydrogen-bond donors (Lipinski definition) is 2. The first-order valence-electron chi connectivity index (χ1n) is 9.03. The molecule has 0 aliphatic heterocycles. The second-order valence-electron chi connectivity index (χ2n) is 7.95. The number of nitrogens with zero attached hydrogens (tertiary/aromatic N) is 3. The molecule has 9 nitrogen and oxygen atoms in total. The highest BCUT2D eigenvalue weighted by molar-refractivity contribution is 7.93. The molecule has 0 radical (unpaired) electrons. The van der Waals surface area contributed by atoms with E-state index in [0.29, 0.717) is 26.9 Å². The normalized spacial score (nSPS) is 13.0. The van der Waals surface area contributed by atoms with Crippen LogP contribution in [0.1, 0.15) is 38.4 Å². The van der Waals surface area contributed by atoms with Crippen LogP contribution in [0.3, 0.4) is 0 Å². The smallest absolute Gasteiger partial charge is 0.238 e. The molecule has 0 aliphatic rings. The van der Waals surface area contributed by atoms with Gasteiger partial charge in [0.05, 0.1) is 18.5 Å². The second kappa shape index (κ2) is 7.03. The zero-order chi connectivity index (χ0) is 22.6. The Bertz CT molecular complexity index is 1250. The molecule has 0 saturated heterocycles. The van der Waals surface area contributed by atoms with Gasteiger partial charge in [-0.05, 0) is 52.8 Å². The van der Waals surface area contributed by atoms with Crippen molar-refractivity contribution in [2.45, 2.75) is 49.9 Å². The van der Waals surface area contributed by atoms with Gasteiger partial charge in [-0.15, -0.1) is 0 Å². The van der Waals surface area contributed by atoms with Gasteiger partial charge in [-0.25, -0.2) is 17.9 Å². The minimum Gasteiger partial charge on any atom is -0.495 e. The Morgan fingerprint density at radius 1 is 1.27 bits per heavy atom. The van der Waals surface area contributed by atoms with Crippen LogP contribution in [-0.4, -0.2) is 45.9 Å². The Hall–Kier alpha value is -2.50. The average molecular weight is 453 g/mol. The Labute approximate surface area is 178 Å². The molecular weight excluding hydrogens is 428 g/mol. The predicted octanol–water partition coefficient (Wildman–Crippen LogP) is 2.04. The molecule has 0 spiro atoms. The summed E-state index contributed by atoms with van der Waals surface area (Å²) in [7, 11) is -2.81. The molecule has 3 N–H and O–H groups in total. The number of benzene rings is 1. The lowest BCUT2D eigenvalue weighted by Gasteiger charge is -2.22. The predicted molar refractivity (Wildman–Crippen MR) is 113 cm³/mol. The number of aromatic nitrogens is 3. The van der Waals surface area contributed by atoms with Crippen LogP contribution in [0.2, 0.25) is 0 Å². The first kappa shape index (κ1) is 22.2. The maximum atomic E-state index is 13.2. The Morgan fingerprint density at radius 3 is 2.43 bits per heavy atom. The number of carbonyl (C=O) groups excluding carboxylic acids is 1. The van der Waals surface area contributed by atoms with Crippen LogP contribution in [0, 0.1) is 6.92 Å². The Balaban J connectivity index is 2.28. The summed E-state index contributed by atoms with van der Waals surface area (Å²) in [5, 5.41) is 15.2. The summed E-state index contributed by atoms with van der Waals surface area (Å²) in [5.74, 6) is -0.867. The lowest BCUT2D eigenvalue weighted by molar-refractivity contribution is -0.119. The highest BCUT2D eigenvalue weighted by atomic mass is 32.2. The van der Waals surface area contributed by atoms with Crippen molar-refractivity contribution in [3.05, 3.63) is 28.9 Å². The van der Waals surface area contributed by atoms with Gasteiger partial charge in [0.1, 0.15) is 26.0 Å². The SMILES string of the molecule is COc1ccc(-c2c(C)nc3sc(C(C)(C)O)nn23)cc1S(=O)(=O)C(C)(C)C(N)=O. The first-order valence-corrected chi connectivity index (χ1v) is 11.3. The van der Waals surface area contributed by atoms with Crippen LogP contribution in [0.15, 0.2) is 23.1 Å². The fourth-order valence-electron chi connectivity index (χ4n) is 2.87. The van der Waals surface area contributed by atoms with Gasteiger partial charge in [0.15, 0.2) is 9.84 Å². The quantitative estimate of drug-likeness (QED) is 0.584. The summed E-state index contributed by atoms with van der Waals surface area (Å²) in [4.78, 5) is 16.7. The van der Waals surface area contributed by atoms with E-state index in [-0.39, 0.29) is 10.6 Å². The summed E-state index contributed by atoms with van der Waals surface area (Å²) in [5.41, 5.74) is 5.95. The van der Waals surface area contributed by atoms with Crippen LogP contribution in [0.25, 0.3) is 16.2 Å². The van der Waals surface area contributed by atoms with Gasteiger partial charge in [0, 0.05) is 5.56 Å². The molecule has 0 aliphatic carbocycles. The maximum absolute atomic E-state index is 13.2. The van der Waals surface area contributed by atoms with Crippen molar-refractivity contribution < 1.29 is 23.1 Å². The zero-order valence-electron chi connectivity index (χ0n) is 17.5. The number of methoxy groups -OCH3 is 1. The molecule has 1 aromatic carbocycles. The largest absolute Gasteiger partial charge is 0.495 e. The maximum Gasteiger partial charge on any atom is 0.238 e. The van der Waals surface area contributed by atoms with E-state index in [1.54, 1.807) is 31.4 Å². The van der Waals surface area contributed by atoms with Gasteiger partial charge < -0.3 is 15.6 Å². The molecule has 3 aromatic rings. The lowest BCUT2D eigenvalue weighted by atomic mass is 10.1. The van der Waals surface area contributed by atoms with Gasteiger partial charge in [-0.1, -0.05) is 11.3 Å². The highest BCUT2D eigenvalue weighted by Crippen LogP contribution is 2.37. The van der Waals surface area contributed by atoms with E-state index in [1.807, 2.05) is 0 Å². The molecule has 0 atom stereocenters. The van der Waals surface area contributed by atoms with Gasteiger partial charge in [0.25, 0.3) is 0 Å². The number of sulfone groups is 1. The minimum absolute atomic E-state index is 0.0990. The van der Waals surface area contributed by atoms with Crippen LogP contribution < -0.4 is 10.5 Å². The van der Waals surface area contributed by atoms with Gasteiger partial charge >= 0.3 is 0 Å². The van der Waals surface area contributed by atoms with Crippen LogP contribution in [0.5, 0.6) is 5.75 Å². The van der Waals surface area contributed by atoms with Crippen molar-refractivity contribution in [2.75, 3.05) is 7.11 Å². The number of imidazole rings is 1. The van der Waals surface area contributed by atoms with E-state index in [1.165, 1.54) is 44.4 Å². The van der Waals surface area contributed by atoms with Crippen LogP contribution in [0.4, 0.5) is 0 Å². The number of nitrogens with two attached hydrogens (primary N) is 1. The molecule has 30 heavy (non-hydrogen) atoms. The van der Waals surface area contributed by atoms with E-state index in [9.17, 15) is 18.3 Å². The van der Waals surface area contributed by atoms with Crippen molar-refractivity contribution in [1.82, 2.24) is 14.6 Å². The molecule has 3 rings (SSSR count). The number of rotatable bonds is 6. The fraction of sp³-hybridized carbons (Fsp3) is 0.421. The molecule has 0 unspecified atom stereocenters. The topological polar surface area (TPSA) is 137 Å². The molecule has 11 heteroatoms. The number of aliphatic hydroxyl groups is 1. The van der Waals surface area contributed by atoms with Gasteiger partial charge in [0.2, 0.25) is 10.9 Å². The van der Waals surface area contributed by atoms with E-state index in [0.717, 1.165) is 0 Å². The van der Waals surface area contributed by atoms with E-state index >= 15 is 0 Å². The van der Waals surface area contributed by atoms with E-state index in [2.05, 4.69) is 10.1 Å². The number of aryl methyl sites for hydroxylation is 1. The molecule has 0 saturated carbocycles. The van der Waals surface area contributed by atoms with E-state index < -0.39 is 26.1 Å². The fourth-order valence-corrected chi connectivity index (χ4v) is 5.33. The summed E-state index contributed by atoms with van der Waals surface area (Å²) in [6.45, 7) is 7.56. The Kier molecular flexibility index (Phi) is 5.20. The summed E-state index contributed by atoms with van der Waals surface area (Å²) < 4.78 is 31.4. The molecule has 1 amide bonds.